The van der Waals surface area contributed by atoms with E-state index in [2.05, 4.69) is 47.1 Å². The van der Waals surface area contributed by atoms with Gasteiger partial charge in [0.25, 0.3) is 0 Å². The Morgan fingerprint density at radius 2 is 1.66 bits per heavy atom. The molecule has 0 aliphatic heterocycles. The Balaban J connectivity index is 1.31. The van der Waals surface area contributed by atoms with Crippen LogP contribution in [0.25, 0.3) is 0 Å². The zero-order valence-corrected chi connectivity index (χ0v) is 24.6. The van der Waals surface area contributed by atoms with Crippen LogP contribution >= 0.6 is 0 Å². The number of likely N-dealkylation sites (N-methyl/N-ethyl adjacent to an activating group) is 1. The quantitative estimate of drug-likeness (QED) is 0.259. The van der Waals surface area contributed by atoms with Gasteiger partial charge in [0.15, 0.2) is 0 Å². The zero-order chi connectivity index (χ0) is 25.4. The van der Waals surface area contributed by atoms with Crippen molar-refractivity contribution in [3.63, 3.8) is 0 Å². The molecule has 3 heteroatoms. The van der Waals surface area contributed by atoms with E-state index in [0.29, 0.717) is 10.8 Å². The van der Waals surface area contributed by atoms with Gasteiger partial charge in [-0.25, -0.2) is 0 Å². The minimum absolute atomic E-state index is 0.211. The van der Waals surface area contributed by atoms with Gasteiger partial charge in [-0.2, -0.15) is 0 Å². The molecule has 0 aromatic rings. The number of aliphatic hydroxyl groups is 1. The molecule has 3 nitrogen and oxygen atoms in total. The van der Waals surface area contributed by atoms with Gasteiger partial charge < -0.3 is 14.9 Å². The molecule has 4 aliphatic carbocycles. The summed E-state index contributed by atoms with van der Waals surface area (Å²) >= 11 is 0. The predicted molar refractivity (Wildman–Crippen MR) is 149 cm³/mol. The minimum atomic E-state index is -0.211. The lowest BCUT2D eigenvalue weighted by Crippen LogP contribution is -2.55. The molecule has 0 spiro atoms. The second-order valence-electron chi connectivity index (χ2n) is 15.1. The molecule has 4 rings (SSSR count). The highest BCUT2D eigenvalue weighted by Crippen LogP contribution is 2.68. The fraction of sp³-hybridized carbons (Fsp3) is 1.00. The molecule has 4 fully saturated rings. The van der Waals surface area contributed by atoms with E-state index in [0.717, 1.165) is 65.7 Å². The molecule has 204 valence electrons. The summed E-state index contributed by atoms with van der Waals surface area (Å²) in [5.74, 6) is 5.89. The zero-order valence-electron chi connectivity index (χ0n) is 24.6. The Labute approximate surface area is 218 Å². The Morgan fingerprint density at radius 3 is 2.37 bits per heavy atom. The Hall–Kier alpha value is -0.120. The molecular formula is C32H61N2O+. The summed E-state index contributed by atoms with van der Waals surface area (Å²) in [6.45, 7) is 15.5. The molecule has 0 aromatic carbocycles. The van der Waals surface area contributed by atoms with Crippen LogP contribution in [-0.2, 0) is 0 Å². The molecule has 0 bridgehead atoms. The van der Waals surface area contributed by atoms with Crippen molar-refractivity contribution < 1.29 is 9.59 Å². The molecule has 0 saturated heterocycles. The topological polar surface area (TPSA) is 32.3 Å². The van der Waals surface area contributed by atoms with Crippen molar-refractivity contribution in [2.45, 2.75) is 124 Å². The molecule has 4 saturated carbocycles. The molecule has 35 heavy (non-hydrogen) atoms. The van der Waals surface area contributed by atoms with Crippen molar-refractivity contribution >= 4 is 0 Å². The highest BCUT2D eigenvalue weighted by atomic mass is 16.3. The van der Waals surface area contributed by atoms with Crippen LogP contribution < -0.4 is 5.32 Å². The highest BCUT2D eigenvalue weighted by molar-refractivity contribution is 5.10. The third-order valence-corrected chi connectivity index (χ3v) is 12.3. The lowest BCUT2D eigenvalue weighted by Gasteiger charge is -2.61. The van der Waals surface area contributed by atoms with Gasteiger partial charge in [-0.3, -0.25) is 0 Å². The van der Waals surface area contributed by atoms with E-state index >= 15 is 0 Å². The lowest BCUT2D eigenvalue weighted by atomic mass is 9.44. The minimum Gasteiger partial charge on any atom is -0.388 e. The monoisotopic (exact) mass is 489 g/mol. The predicted octanol–water partition coefficient (Wildman–Crippen LogP) is 6.89. The van der Waals surface area contributed by atoms with E-state index in [1.165, 1.54) is 77.0 Å². The van der Waals surface area contributed by atoms with Gasteiger partial charge in [-0.05, 0) is 111 Å². The van der Waals surface area contributed by atoms with Gasteiger partial charge in [0.1, 0.15) is 12.6 Å². The van der Waals surface area contributed by atoms with Crippen LogP contribution in [0.1, 0.15) is 112 Å². The first-order valence-electron chi connectivity index (χ1n) is 15.7. The summed E-state index contributed by atoms with van der Waals surface area (Å²) in [5, 5.41) is 13.7. The highest BCUT2D eigenvalue weighted by Gasteiger charge is 2.60. The third kappa shape index (κ3) is 5.68. The first kappa shape index (κ1) is 27.9. The number of nitrogens with one attached hydrogen (secondary N) is 1. The summed E-state index contributed by atoms with van der Waals surface area (Å²) < 4.78 is 0.923. The molecular weight excluding hydrogens is 428 g/mol. The molecule has 2 N–H and O–H groups in total. The largest absolute Gasteiger partial charge is 0.388 e. The van der Waals surface area contributed by atoms with Crippen LogP contribution in [-0.4, -0.2) is 55.5 Å². The number of quaternary nitrogens is 1. The van der Waals surface area contributed by atoms with E-state index in [-0.39, 0.29) is 6.10 Å². The maximum Gasteiger partial charge on any atom is 0.104 e. The standard InChI is InChI=1S/C32H61N2O/c1-8-10-23(2)28-13-14-29-27-12-11-25-21-26(33-19-9-20-34(6,7)22-24(3)35)15-17-31(25,4)30(27)16-18-32(28,29)5/h23-30,33,35H,8-22H2,1-7H3/q+1/t23-,24?,25?,26?,27?,28-,29?,30?,31+,32-/m1/s1. The van der Waals surface area contributed by atoms with Crippen LogP contribution in [0.5, 0.6) is 0 Å². The number of hydrogen-bond donors (Lipinski definition) is 2. The number of nitrogens with zero attached hydrogens (tertiary/aromatic N) is 1. The Kier molecular flexibility index (Phi) is 8.72. The third-order valence-electron chi connectivity index (χ3n) is 12.3. The first-order valence-corrected chi connectivity index (χ1v) is 15.7. The molecule has 4 aliphatic rings. The molecule has 0 aromatic heterocycles. The van der Waals surface area contributed by atoms with Crippen molar-refractivity contribution in [1.82, 2.24) is 5.32 Å². The van der Waals surface area contributed by atoms with Gasteiger partial charge in [0.2, 0.25) is 0 Å². The van der Waals surface area contributed by atoms with Crippen molar-refractivity contribution in [2.24, 2.45) is 46.3 Å². The molecule has 6 unspecified atom stereocenters. The molecule has 10 atom stereocenters. The average molecular weight is 490 g/mol. The second-order valence-corrected chi connectivity index (χ2v) is 15.1. The van der Waals surface area contributed by atoms with Crippen LogP contribution in [0.3, 0.4) is 0 Å². The summed E-state index contributed by atoms with van der Waals surface area (Å²) in [6, 6.07) is 0.733. The average Bonchev–Trinajstić information content (AvgIpc) is 3.13. The van der Waals surface area contributed by atoms with E-state index in [1.807, 2.05) is 6.92 Å². The maximum absolute atomic E-state index is 9.76. The number of aliphatic hydroxyl groups excluding tert-OH is 1. The van der Waals surface area contributed by atoms with Gasteiger partial charge >= 0.3 is 0 Å². The molecule has 0 radical (unpaired) electrons. The number of rotatable bonds is 10. The maximum atomic E-state index is 9.76. The Morgan fingerprint density at radius 1 is 0.943 bits per heavy atom. The van der Waals surface area contributed by atoms with Crippen molar-refractivity contribution in [3.05, 3.63) is 0 Å². The summed E-state index contributed by atoms with van der Waals surface area (Å²) in [7, 11) is 4.51. The van der Waals surface area contributed by atoms with Crippen LogP contribution in [0, 0.1) is 46.3 Å². The van der Waals surface area contributed by atoms with E-state index in [1.54, 1.807) is 0 Å². The van der Waals surface area contributed by atoms with Crippen LogP contribution in [0.2, 0.25) is 0 Å². The number of hydrogen-bond acceptors (Lipinski definition) is 2. The van der Waals surface area contributed by atoms with Gasteiger partial charge in [0, 0.05) is 19.0 Å². The van der Waals surface area contributed by atoms with Gasteiger partial charge in [0.05, 0.1) is 20.6 Å². The van der Waals surface area contributed by atoms with Crippen molar-refractivity contribution in [1.29, 1.82) is 0 Å². The molecule has 0 heterocycles. The van der Waals surface area contributed by atoms with E-state index < -0.39 is 0 Å². The molecule has 0 amide bonds. The van der Waals surface area contributed by atoms with Crippen molar-refractivity contribution in [3.8, 4) is 0 Å². The smallest absolute Gasteiger partial charge is 0.104 e. The van der Waals surface area contributed by atoms with E-state index in [4.69, 9.17) is 0 Å². The first-order chi connectivity index (χ1) is 16.5. The summed E-state index contributed by atoms with van der Waals surface area (Å²) in [4.78, 5) is 0. The second kappa shape index (κ2) is 10.9. The lowest BCUT2D eigenvalue weighted by molar-refractivity contribution is -0.893. The van der Waals surface area contributed by atoms with Gasteiger partial charge in [-0.1, -0.05) is 40.5 Å². The SMILES string of the molecule is CCC[C@@H](C)[C@H]1CCC2C3CCC4CC(NCCC[N+](C)(C)CC(C)O)CC[C@]4(C)C3CC[C@@]21C. The normalized spacial score (nSPS) is 43.2. The van der Waals surface area contributed by atoms with Crippen LogP contribution in [0.4, 0.5) is 0 Å². The summed E-state index contributed by atoms with van der Waals surface area (Å²) in [5.41, 5.74) is 1.24. The fourth-order valence-electron chi connectivity index (χ4n) is 10.7. The van der Waals surface area contributed by atoms with Crippen molar-refractivity contribution in [2.75, 3.05) is 33.7 Å². The fourth-order valence-corrected chi connectivity index (χ4v) is 10.7. The van der Waals surface area contributed by atoms with Gasteiger partial charge in [-0.15, -0.1) is 0 Å². The Bertz CT molecular complexity index is 691. The van der Waals surface area contributed by atoms with Crippen LogP contribution in [0.15, 0.2) is 0 Å². The summed E-state index contributed by atoms with van der Waals surface area (Å²) in [6.07, 6.45) is 17.2. The number of fused-ring (bicyclic) bond motifs is 5. The van der Waals surface area contributed by atoms with E-state index in [9.17, 15) is 5.11 Å².